The van der Waals surface area contributed by atoms with Crippen LogP contribution in [-0.4, -0.2) is 24.8 Å². The first-order valence-corrected chi connectivity index (χ1v) is 6.11. The minimum Gasteiger partial charge on any atom is -0.390 e. The van der Waals surface area contributed by atoms with E-state index in [0.29, 0.717) is 22.2 Å². The summed E-state index contributed by atoms with van der Waals surface area (Å²) >= 11 is 4.01. The molecule has 108 valence electrons. The van der Waals surface area contributed by atoms with Crippen LogP contribution in [0.25, 0.3) is 0 Å². The van der Waals surface area contributed by atoms with Crippen LogP contribution in [0.4, 0.5) is 0 Å². The van der Waals surface area contributed by atoms with Crippen LogP contribution in [0.3, 0.4) is 0 Å². The second kappa shape index (κ2) is 10.1. The topological polar surface area (TPSA) is 37.3 Å². The van der Waals surface area contributed by atoms with Crippen molar-refractivity contribution in [1.29, 1.82) is 0 Å². The average Bonchev–Trinajstić information content (AvgIpc) is 2.15. The Hall–Kier alpha value is 0.317. The molecule has 0 aliphatic rings. The number of aldehydes is 1. The van der Waals surface area contributed by atoms with Crippen molar-refractivity contribution in [2.24, 2.45) is 5.41 Å². The summed E-state index contributed by atoms with van der Waals surface area (Å²) in [5, 5.41) is 9.35. The Morgan fingerprint density at radius 2 is 1.70 bits per heavy atom. The number of hydrogen-bond acceptors (Lipinski definition) is 3. The average molecular weight is 516 g/mol. The third-order valence-corrected chi connectivity index (χ3v) is 3.30. The molecule has 0 saturated carbocycles. The van der Waals surface area contributed by atoms with Crippen LogP contribution in [0.5, 0.6) is 0 Å². The predicted octanol–water partition coefficient (Wildman–Crippen LogP) is 2.64. The minimum atomic E-state index is -0.562. The third kappa shape index (κ3) is 9.29. The van der Waals surface area contributed by atoms with E-state index in [1.165, 1.54) is 0 Å². The molecule has 0 atom stereocenters. The number of rotatable bonds is 1. The van der Waals surface area contributed by atoms with E-state index in [2.05, 4.69) is 18.7 Å². The van der Waals surface area contributed by atoms with E-state index in [9.17, 15) is 9.90 Å². The van der Waals surface area contributed by atoms with Crippen LogP contribution < -0.4 is 5.46 Å². The van der Waals surface area contributed by atoms with E-state index in [4.69, 9.17) is 7.85 Å². The van der Waals surface area contributed by atoms with E-state index in [1.807, 2.05) is 34.6 Å². The molecule has 0 fully saturated rings. The molecule has 1 aromatic rings. The Morgan fingerprint density at radius 1 is 1.30 bits per heavy atom. The molecule has 5 heteroatoms. The zero-order chi connectivity index (χ0) is 14.6. The molecule has 2 nitrogen and oxygen atoms in total. The van der Waals surface area contributed by atoms with Crippen LogP contribution in [0.15, 0.2) is 17.0 Å². The Kier molecular flexibility index (Phi) is 12.8. The van der Waals surface area contributed by atoms with Crippen LogP contribution in [-0.2, 0) is 0 Å². The predicted molar refractivity (Wildman–Crippen MR) is 85.5 cm³/mol. The number of aliphatic hydroxyl groups is 1. The fourth-order valence-electron chi connectivity index (χ4n) is 0.607. The molecule has 0 aliphatic heterocycles. The molecule has 0 unspecified atom stereocenters. The molecule has 0 aromatic heterocycles. The summed E-state index contributed by atoms with van der Waals surface area (Å²) in [7, 11) is 5.39. The van der Waals surface area contributed by atoms with Gasteiger partial charge >= 0.3 is 31.1 Å². The summed E-state index contributed by atoms with van der Waals surface area (Å²) < 4.78 is 0. The molecular formula is C15H23BO2SU. The van der Waals surface area contributed by atoms with Gasteiger partial charge in [-0.2, -0.15) is 24.2 Å². The van der Waals surface area contributed by atoms with Crippen molar-refractivity contribution < 1.29 is 41.0 Å². The molecular weight excluding hydrogens is 493 g/mol. The van der Waals surface area contributed by atoms with Crippen molar-refractivity contribution in [3.05, 3.63) is 31.2 Å². The first-order valence-electron chi connectivity index (χ1n) is 5.66. The van der Waals surface area contributed by atoms with Crippen LogP contribution in [0, 0.1) is 50.0 Å². The van der Waals surface area contributed by atoms with Gasteiger partial charge in [-0.3, -0.25) is 0 Å². The van der Waals surface area contributed by atoms with Crippen molar-refractivity contribution in [1.82, 2.24) is 0 Å². The normalized spacial score (nSPS) is 10.3. The zero-order valence-corrected chi connectivity index (χ0v) is 18.2. The maximum Gasteiger partial charge on any atom is 2.00 e. The number of carbonyl (C=O) groups is 1. The Labute approximate surface area is 154 Å². The number of benzene rings is 1. The van der Waals surface area contributed by atoms with E-state index < -0.39 is 5.60 Å². The number of thiol groups is 1. The van der Waals surface area contributed by atoms with Gasteiger partial charge in [0.1, 0.15) is 0 Å². The molecule has 2 radical (unpaired) electrons. The fraction of sp³-hybridized carbons (Fsp3) is 0.467. The van der Waals surface area contributed by atoms with Gasteiger partial charge in [0.15, 0.2) is 0 Å². The summed E-state index contributed by atoms with van der Waals surface area (Å²) in [5.41, 5.74) is 0.438. The molecule has 0 bridgehead atoms. The van der Waals surface area contributed by atoms with Crippen molar-refractivity contribution in [3.63, 3.8) is 0 Å². The molecule has 1 N–H and O–H groups in total. The number of hydrogen-bond donors (Lipinski definition) is 2. The van der Waals surface area contributed by atoms with Crippen LogP contribution in [0.1, 0.15) is 45.0 Å². The monoisotopic (exact) mass is 516 g/mol. The quantitative estimate of drug-likeness (QED) is 0.261. The van der Waals surface area contributed by atoms with Gasteiger partial charge in [0.2, 0.25) is 0 Å². The molecule has 1 aromatic carbocycles. The first kappa shape index (κ1) is 25.3. The van der Waals surface area contributed by atoms with Crippen molar-refractivity contribution in [2.75, 3.05) is 0 Å². The van der Waals surface area contributed by atoms with E-state index in [-0.39, 0.29) is 44.0 Å². The second-order valence-electron chi connectivity index (χ2n) is 5.66. The van der Waals surface area contributed by atoms with E-state index in [1.54, 1.807) is 12.1 Å². The van der Waals surface area contributed by atoms with Gasteiger partial charge in [0.05, 0.1) is 11.9 Å². The fourth-order valence-corrected chi connectivity index (χ4v) is 0.873. The molecule has 0 amide bonds. The van der Waals surface area contributed by atoms with Gasteiger partial charge in [0.25, 0.3) is 0 Å². The summed E-state index contributed by atoms with van der Waals surface area (Å²) in [6.07, 6.45) is 0.696. The smallest absolute Gasteiger partial charge is 0.390 e. The molecule has 1 rings (SSSR count). The third-order valence-electron chi connectivity index (χ3n) is 2.93. The van der Waals surface area contributed by atoms with Gasteiger partial charge in [-0.05, 0) is 19.3 Å². The Bertz CT molecular complexity index is 397. The standard InChI is InChI=1S/C7H4BOS.C7H16O.CH3.U/c8-6-2-1-5(4-9)7(10)3-6;1-6(2,3)7(4,5)8;;/h2-4,10H;8H,1-5H3;1H3;/q-1;;-1;+2. The summed E-state index contributed by atoms with van der Waals surface area (Å²) in [6, 6.07) is 5.84. The van der Waals surface area contributed by atoms with Crippen molar-refractivity contribution >= 4 is 32.2 Å². The number of carbonyl (C=O) groups excluding carboxylic acids is 1. The summed E-state index contributed by atoms with van der Waals surface area (Å²) in [6.45, 7) is 9.72. The maximum absolute atomic E-state index is 10.2. The van der Waals surface area contributed by atoms with Gasteiger partial charge in [-0.25, -0.2) is 0 Å². The van der Waals surface area contributed by atoms with E-state index >= 15 is 0 Å². The largest absolute Gasteiger partial charge is 2.00 e. The molecule has 0 saturated heterocycles. The van der Waals surface area contributed by atoms with Gasteiger partial charge in [-0.15, -0.1) is 12.1 Å². The van der Waals surface area contributed by atoms with Crippen LogP contribution >= 0.6 is 12.6 Å². The SMILES string of the molecule is CC(C)(C)C(C)(C)O.[B]c1c[c-]c(C=O)c(S)c1.[CH3-].[U+2]. The molecule has 0 aliphatic carbocycles. The molecule has 0 heterocycles. The van der Waals surface area contributed by atoms with Crippen molar-refractivity contribution in [3.8, 4) is 0 Å². The van der Waals surface area contributed by atoms with Crippen molar-refractivity contribution in [2.45, 2.75) is 45.1 Å². The molecule has 20 heavy (non-hydrogen) atoms. The van der Waals surface area contributed by atoms with Crippen LogP contribution in [0.2, 0.25) is 0 Å². The molecule has 0 spiro atoms. The second-order valence-corrected chi connectivity index (χ2v) is 6.14. The van der Waals surface area contributed by atoms with Gasteiger partial charge < -0.3 is 17.3 Å². The maximum atomic E-state index is 10.2. The first-order chi connectivity index (χ1) is 7.99. The summed E-state index contributed by atoms with van der Waals surface area (Å²) in [4.78, 5) is 10.8. The van der Waals surface area contributed by atoms with Gasteiger partial charge in [-0.1, -0.05) is 31.2 Å². The van der Waals surface area contributed by atoms with E-state index in [0.717, 1.165) is 0 Å². The Balaban J connectivity index is -0.000000269. The summed E-state index contributed by atoms with van der Waals surface area (Å²) in [5.74, 6) is 0. The van der Waals surface area contributed by atoms with Gasteiger partial charge in [0, 0.05) is 7.85 Å². The zero-order valence-electron chi connectivity index (χ0n) is 13.1. The minimum absolute atomic E-state index is 0. The Morgan fingerprint density at radius 3 is 1.95 bits per heavy atom.